The molecule has 0 aliphatic rings. The van der Waals surface area contributed by atoms with E-state index in [0.29, 0.717) is 6.42 Å². The van der Waals surface area contributed by atoms with Crippen molar-refractivity contribution in [1.29, 1.82) is 0 Å². The van der Waals surface area contributed by atoms with Gasteiger partial charge in [-0.05, 0) is 41.7 Å². The number of carboxylic acids is 1. The van der Waals surface area contributed by atoms with Gasteiger partial charge in [-0.25, -0.2) is 4.79 Å². The van der Waals surface area contributed by atoms with Crippen LogP contribution in [0.5, 0.6) is 0 Å². The number of ether oxygens (including phenoxy) is 1. The summed E-state index contributed by atoms with van der Waals surface area (Å²) >= 11 is 0. The molecule has 2 rings (SSSR count). The van der Waals surface area contributed by atoms with Crippen molar-refractivity contribution in [3.8, 4) is 0 Å². The molecule has 0 radical (unpaired) electrons. The average molecular weight is 444 g/mol. The van der Waals surface area contributed by atoms with Crippen LogP contribution in [0, 0.1) is 5.92 Å². The number of benzene rings is 2. The van der Waals surface area contributed by atoms with E-state index in [2.05, 4.69) is 16.0 Å². The summed E-state index contributed by atoms with van der Waals surface area (Å²) < 4.78 is 5.28. The van der Waals surface area contributed by atoms with Gasteiger partial charge in [-0.3, -0.25) is 14.4 Å². The van der Waals surface area contributed by atoms with E-state index in [-0.39, 0.29) is 12.5 Å². The molecule has 172 valence electrons. The van der Waals surface area contributed by atoms with E-state index in [0.717, 1.165) is 16.3 Å². The van der Waals surface area contributed by atoms with Gasteiger partial charge in [0.15, 0.2) is 0 Å². The Morgan fingerprint density at radius 2 is 1.62 bits per heavy atom. The Kier molecular flexibility index (Phi) is 9.00. The Labute approximate surface area is 186 Å². The SMILES string of the molecule is CC(C)C[C@H](NC(=O)OCc1ccc2ccccc2c1)C(=O)N[C@@H](C)C(=O)NCC(=O)O. The number of aliphatic carboxylic acids is 1. The van der Waals surface area contributed by atoms with Crippen LogP contribution in [0.1, 0.15) is 32.8 Å². The lowest BCUT2D eigenvalue weighted by molar-refractivity contribution is -0.138. The Bertz CT molecular complexity index is 975. The quantitative estimate of drug-likeness (QED) is 0.445. The van der Waals surface area contributed by atoms with Crippen molar-refractivity contribution in [2.24, 2.45) is 5.92 Å². The maximum absolute atomic E-state index is 12.6. The molecular formula is C23H29N3O6. The van der Waals surface area contributed by atoms with Gasteiger partial charge >= 0.3 is 12.1 Å². The number of rotatable bonds is 10. The summed E-state index contributed by atoms with van der Waals surface area (Å²) in [4.78, 5) is 47.4. The predicted octanol–water partition coefficient (Wildman–Crippen LogP) is 2.19. The first-order valence-electron chi connectivity index (χ1n) is 10.4. The molecule has 4 N–H and O–H groups in total. The molecule has 0 aliphatic carbocycles. The molecule has 0 aliphatic heterocycles. The lowest BCUT2D eigenvalue weighted by atomic mass is 10.0. The number of alkyl carbamates (subject to hydrolysis) is 1. The van der Waals surface area contributed by atoms with Gasteiger partial charge in [-0.15, -0.1) is 0 Å². The van der Waals surface area contributed by atoms with Crippen LogP contribution in [-0.4, -0.2) is 47.6 Å². The Morgan fingerprint density at radius 1 is 0.938 bits per heavy atom. The van der Waals surface area contributed by atoms with Crippen molar-refractivity contribution < 1.29 is 29.0 Å². The first-order chi connectivity index (χ1) is 15.2. The van der Waals surface area contributed by atoms with E-state index >= 15 is 0 Å². The molecule has 0 aromatic heterocycles. The minimum atomic E-state index is -1.19. The number of carbonyl (C=O) groups is 4. The Morgan fingerprint density at radius 3 is 2.28 bits per heavy atom. The number of amides is 3. The first-order valence-corrected chi connectivity index (χ1v) is 10.4. The third kappa shape index (κ3) is 7.90. The summed E-state index contributed by atoms with van der Waals surface area (Å²) in [5.41, 5.74) is 0.812. The van der Waals surface area contributed by atoms with Crippen molar-refractivity contribution in [2.45, 2.75) is 45.9 Å². The van der Waals surface area contributed by atoms with Crippen molar-refractivity contribution in [3.05, 3.63) is 48.0 Å². The summed E-state index contributed by atoms with van der Waals surface area (Å²) in [6.07, 6.45) is -0.415. The van der Waals surface area contributed by atoms with Gasteiger partial charge in [-0.1, -0.05) is 50.2 Å². The molecule has 0 saturated carbocycles. The fourth-order valence-corrected chi connectivity index (χ4v) is 3.06. The van der Waals surface area contributed by atoms with Gasteiger partial charge in [0.1, 0.15) is 25.2 Å². The highest BCUT2D eigenvalue weighted by atomic mass is 16.5. The minimum absolute atomic E-state index is 0.0423. The van der Waals surface area contributed by atoms with Crippen molar-refractivity contribution in [3.63, 3.8) is 0 Å². The summed E-state index contributed by atoms with van der Waals surface area (Å²) in [5.74, 6) is -2.30. The summed E-state index contributed by atoms with van der Waals surface area (Å²) in [6.45, 7) is 4.71. The van der Waals surface area contributed by atoms with Crippen LogP contribution in [0.4, 0.5) is 4.79 Å². The van der Waals surface area contributed by atoms with Gasteiger partial charge < -0.3 is 25.8 Å². The normalized spacial score (nSPS) is 12.6. The lowest BCUT2D eigenvalue weighted by Crippen LogP contribution is -2.53. The van der Waals surface area contributed by atoms with Gasteiger partial charge in [-0.2, -0.15) is 0 Å². The number of fused-ring (bicyclic) bond motifs is 1. The first kappa shape index (κ1) is 24.6. The molecular weight excluding hydrogens is 414 g/mol. The Hall–Kier alpha value is -3.62. The zero-order valence-corrected chi connectivity index (χ0v) is 18.4. The number of carbonyl (C=O) groups excluding carboxylic acids is 3. The number of nitrogens with one attached hydrogen (secondary N) is 3. The largest absolute Gasteiger partial charge is 0.480 e. The maximum atomic E-state index is 12.6. The fourth-order valence-electron chi connectivity index (χ4n) is 3.06. The molecule has 0 saturated heterocycles. The van der Waals surface area contributed by atoms with E-state index in [1.807, 2.05) is 56.3 Å². The highest BCUT2D eigenvalue weighted by molar-refractivity contribution is 5.92. The molecule has 0 unspecified atom stereocenters. The monoisotopic (exact) mass is 443 g/mol. The van der Waals surface area contributed by atoms with Crippen LogP contribution >= 0.6 is 0 Å². The van der Waals surface area contributed by atoms with E-state index in [1.165, 1.54) is 6.92 Å². The van der Waals surface area contributed by atoms with Crippen LogP contribution in [0.15, 0.2) is 42.5 Å². The molecule has 0 bridgehead atoms. The molecule has 0 heterocycles. The van der Waals surface area contributed by atoms with Gasteiger partial charge in [0, 0.05) is 0 Å². The van der Waals surface area contributed by atoms with Crippen molar-refractivity contribution in [1.82, 2.24) is 16.0 Å². The summed E-state index contributed by atoms with van der Waals surface area (Å²) in [5, 5.41) is 18.0. The molecule has 32 heavy (non-hydrogen) atoms. The van der Waals surface area contributed by atoms with Gasteiger partial charge in [0.2, 0.25) is 11.8 Å². The van der Waals surface area contributed by atoms with Gasteiger partial charge in [0.05, 0.1) is 0 Å². The standard InChI is InChI=1S/C23H29N3O6/c1-14(2)10-19(22(30)25-15(3)21(29)24-12-20(27)28)26-23(31)32-13-16-8-9-17-6-4-5-7-18(17)11-16/h4-9,11,14-15,19H,10,12-13H2,1-3H3,(H,24,29)(H,25,30)(H,26,31)(H,27,28)/t15-,19-/m0/s1. The molecule has 2 aromatic rings. The maximum Gasteiger partial charge on any atom is 0.408 e. The number of hydrogen-bond donors (Lipinski definition) is 4. The van der Waals surface area contributed by atoms with Crippen molar-refractivity contribution in [2.75, 3.05) is 6.54 Å². The van der Waals surface area contributed by atoms with Crippen LogP contribution < -0.4 is 16.0 Å². The van der Waals surface area contributed by atoms with E-state index in [9.17, 15) is 19.2 Å². The van der Waals surface area contributed by atoms with Crippen LogP contribution in [-0.2, 0) is 25.7 Å². The predicted molar refractivity (Wildman–Crippen MR) is 119 cm³/mol. The van der Waals surface area contributed by atoms with Crippen LogP contribution in [0.25, 0.3) is 10.8 Å². The van der Waals surface area contributed by atoms with Gasteiger partial charge in [0.25, 0.3) is 0 Å². The van der Waals surface area contributed by atoms with Crippen LogP contribution in [0.3, 0.4) is 0 Å². The minimum Gasteiger partial charge on any atom is -0.480 e. The fraction of sp³-hybridized carbons (Fsp3) is 0.391. The van der Waals surface area contributed by atoms with E-state index in [4.69, 9.17) is 9.84 Å². The molecule has 2 atom stereocenters. The molecule has 2 aromatic carbocycles. The third-order valence-electron chi connectivity index (χ3n) is 4.67. The second kappa shape index (κ2) is 11.7. The van der Waals surface area contributed by atoms with Crippen molar-refractivity contribution >= 4 is 34.6 Å². The van der Waals surface area contributed by atoms with E-state index in [1.54, 1.807) is 0 Å². The molecule has 0 fully saturated rings. The third-order valence-corrected chi connectivity index (χ3v) is 4.67. The molecule has 9 heteroatoms. The number of hydrogen-bond acceptors (Lipinski definition) is 5. The summed E-state index contributed by atoms with van der Waals surface area (Å²) in [6, 6.07) is 11.7. The zero-order valence-electron chi connectivity index (χ0n) is 18.4. The highest BCUT2D eigenvalue weighted by Crippen LogP contribution is 2.16. The topological polar surface area (TPSA) is 134 Å². The second-order valence-electron chi connectivity index (χ2n) is 7.93. The van der Waals surface area contributed by atoms with Crippen LogP contribution in [0.2, 0.25) is 0 Å². The average Bonchev–Trinajstić information content (AvgIpc) is 2.74. The second-order valence-corrected chi connectivity index (χ2v) is 7.93. The lowest BCUT2D eigenvalue weighted by Gasteiger charge is -2.22. The number of carboxylic acid groups (broad SMARTS) is 1. The highest BCUT2D eigenvalue weighted by Gasteiger charge is 2.26. The zero-order chi connectivity index (χ0) is 23.7. The molecule has 3 amide bonds. The summed E-state index contributed by atoms with van der Waals surface area (Å²) in [7, 11) is 0. The smallest absolute Gasteiger partial charge is 0.408 e. The molecule has 9 nitrogen and oxygen atoms in total. The Balaban J connectivity index is 1.92. The molecule has 0 spiro atoms. The van der Waals surface area contributed by atoms with E-state index < -0.39 is 42.5 Å².